The van der Waals surface area contributed by atoms with Crippen molar-refractivity contribution in [3.05, 3.63) is 44.6 Å². The molecule has 0 aliphatic heterocycles. The van der Waals surface area contributed by atoms with Crippen LogP contribution in [0.2, 0.25) is 0 Å². The second-order valence-electron chi connectivity index (χ2n) is 8.30. The summed E-state index contributed by atoms with van der Waals surface area (Å²) in [6, 6.07) is 5.57. The van der Waals surface area contributed by atoms with Crippen molar-refractivity contribution in [2.45, 2.75) is 76.1 Å². The summed E-state index contributed by atoms with van der Waals surface area (Å²) in [4.78, 5) is 17.6. The van der Waals surface area contributed by atoms with Crippen molar-refractivity contribution in [3.63, 3.8) is 0 Å². The average molecular weight is 539 g/mol. The first kappa shape index (κ1) is 29.4. The molecule has 0 radical (unpaired) electrons. The van der Waals surface area contributed by atoms with Gasteiger partial charge in [-0.15, -0.1) is 0 Å². The van der Waals surface area contributed by atoms with Crippen molar-refractivity contribution in [2.24, 2.45) is 10.2 Å². The Labute approximate surface area is 209 Å². The number of ether oxygens (including phenoxy) is 3. The molecule has 0 amide bonds. The maximum Gasteiger partial charge on any atom is 0.322 e. The lowest BCUT2D eigenvalue weighted by Gasteiger charge is -2.16. The fourth-order valence-electron chi connectivity index (χ4n) is 2.95. The third kappa shape index (κ3) is 14.5. The van der Waals surface area contributed by atoms with Crippen LogP contribution in [0, 0.1) is 0 Å². The number of carbonyl (C=O) groups is 1. The number of nitrogens with zero attached hydrogens (tertiary/aromatic N) is 6. The molecule has 11 heteroatoms. The number of rotatable bonds is 19. The van der Waals surface area contributed by atoms with Gasteiger partial charge in [-0.3, -0.25) is 4.79 Å². The van der Waals surface area contributed by atoms with Crippen LogP contribution in [-0.4, -0.2) is 36.6 Å². The van der Waals surface area contributed by atoms with Gasteiger partial charge in [0.15, 0.2) is 0 Å². The molecule has 10 nitrogen and oxygen atoms in total. The lowest BCUT2D eigenvalue weighted by Crippen LogP contribution is -2.26. The monoisotopic (exact) mass is 538 g/mol. The molecule has 1 aromatic carbocycles. The summed E-state index contributed by atoms with van der Waals surface area (Å²) in [7, 11) is 0. The first-order valence-corrected chi connectivity index (χ1v) is 12.4. The Morgan fingerprint density at radius 1 is 0.853 bits per heavy atom. The smallest absolute Gasteiger partial charge is 0.322 e. The summed E-state index contributed by atoms with van der Waals surface area (Å²) in [5.74, 6) is 0.998. The average Bonchev–Trinajstić information content (AvgIpc) is 2.80. The van der Waals surface area contributed by atoms with E-state index in [0.717, 1.165) is 56.9 Å². The van der Waals surface area contributed by atoms with Crippen LogP contribution in [-0.2, 0) is 16.1 Å². The Hall–Kier alpha value is -2.61. The first-order valence-electron chi connectivity index (χ1n) is 11.6. The molecule has 0 bridgehead atoms. The third-order valence-corrected chi connectivity index (χ3v) is 5.09. The number of benzene rings is 1. The molecule has 188 valence electrons. The van der Waals surface area contributed by atoms with E-state index in [9.17, 15) is 4.79 Å². The van der Waals surface area contributed by atoms with Gasteiger partial charge in [-0.05, 0) is 68.3 Å². The van der Waals surface area contributed by atoms with Crippen molar-refractivity contribution >= 4 is 21.9 Å². The maximum absolute atomic E-state index is 12.1. The Balaban J connectivity index is 2.58. The number of unbranched alkanes of at least 4 members (excludes halogenated alkanes) is 6. The quantitative estimate of drug-likeness (QED) is 0.0450. The largest absolute Gasteiger partial charge is 0.493 e. The van der Waals surface area contributed by atoms with Crippen LogP contribution in [0.15, 0.2) is 28.4 Å². The van der Waals surface area contributed by atoms with E-state index in [4.69, 9.17) is 25.3 Å². The van der Waals surface area contributed by atoms with Crippen molar-refractivity contribution in [1.82, 2.24) is 0 Å². The van der Waals surface area contributed by atoms with E-state index in [1.54, 1.807) is 13.8 Å². The van der Waals surface area contributed by atoms with Crippen LogP contribution in [0.25, 0.3) is 20.9 Å². The summed E-state index contributed by atoms with van der Waals surface area (Å²) in [5.41, 5.74) is 17.4. The van der Waals surface area contributed by atoms with Gasteiger partial charge in [0.2, 0.25) is 0 Å². The Bertz CT molecular complexity index is 783. The van der Waals surface area contributed by atoms with Crippen LogP contribution in [0.3, 0.4) is 0 Å². The molecule has 0 aliphatic rings. The lowest BCUT2D eigenvalue weighted by atomic mass is 10.2. The number of hydrogen-bond donors (Lipinski definition) is 0. The summed E-state index contributed by atoms with van der Waals surface area (Å²) >= 11 is 3.31. The van der Waals surface area contributed by atoms with E-state index in [-0.39, 0.29) is 12.6 Å². The van der Waals surface area contributed by atoms with Crippen molar-refractivity contribution in [3.8, 4) is 11.5 Å². The number of halogens is 1. The minimum atomic E-state index is -0.752. The van der Waals surface area contributed by atoms with Gasteiger partial charge in [-0.25, -0.2) is 0 Å². The van der Waals surface area contributed by atoms with Crippen LogP contribution in [0.5, 0.6) is 11.5 Å². The van der Waals surface area contributed by atoms with E-state index < -0.39 is 4.32 Å². The van der Waals surface area contributed by atoms with E-state index in [0.29, 0.717) is 37.8 Å². The zero-order valence-corrected chi connectivity index (χ0v) is 21.7. The van der Waals surface area contributed by atoms with Gasteiger partial charge < -0.3 is 14.2 Å². The van der Waals surface area contributed by atoms with Crippen LogP contribution >= 0.6 is 15.9 Å². The minimum Gasteiger partial charge on any atom is -0.493 e. The number of esters is 1. The third-order valence-electron chi connectivity index (χ3n) is 4.76. The first-order chi connectivity index (χ1) is 16.4. The summed E-state index contributed by atoms with van der Waals surface area (Å²) in [5, 5.41) is 7.07. The highest BCUT2D eigenvalue weighted by atomic mass is 79.9. The summed E-state index contributed by atoms with van der Waals surface area (Å²) < 4.78 is 16.5. The van der Waals surface area contributed by atoms with Crippen LogP contribution < -0.4 is 9.47 Å². The van der Waals surface area contributed by atoms with Gasteiger partial charge in [0.1, 0.15) is 22.4 Å². The summed E-state index contributed by atoms with van der Waals surface area (Å²) in [6.45, 7) is 5.77. The topological polar surface area (TPSA) is 142 Å². The normalized spacial score (nSPS) is 10.7. The standard InChI is InChI=1S/C23H35BrN6O4/c1-23(2,24)22(31)34-18-19-15-20(32-13-9-5-3-7-11-27-29-25)17-21(16-19)33-14-10-6-4-8-12-28-30-26/h15-17H,3-14,18H2,1-2H3. The molecule has 0 saturated heterocycles. The fourth-order valence-corrected chi connectivity index (χ4v) is 3.06. The second-order valence-corrected chi connectivity index (χ2v) is 10.3. The van der Waals surface area contributed by atoms with E-state index in [1.807, 2.05) is 18.2 Å². The Kier molecular flexibility index (Phi) is 15.4. The predicted octanol–water partition coefficient (Wildman–Crippen LogP) is 7.40. The van der Waals surface area contributed by atoms with Gasteiger partial charge >= 0.3 is 5.97 Å². The second kappa shape index (κ2) is 17.8. The number of alkyl halides is 1. The zero-order chi connectivity index (χ0) is 25.1. The summed E-state index contributed by atoms with van der Waals surface area (Å²) in [6.07, 6.45) is 7.47. The van der Waals surface area contributed by atoms with Crippen LogP contribution in [0.4, 0.5) is 0 Å². The molecule has 1 rings (SSSR count). The maximum atomic E-state index is 12.1. The SMILES string of the molecule is CC(C)(Br)C(=O)OCc1cc(OCCCCCCN=[N+]=[N-])cc(OCCCCCCN=[N+]=[N-])c1. The molecule has 0 unspecified atom stereocenters. The molecule has 0 N–H and O–H groups in total. The number of hydrogen-bond acceptors (Lipinski definition) is 6. The van der Waals surface area contributed by atoms with Crippen molar-refractivity contribution in [2.75, 3.05) is 26.3 Å². The predicted molar refractivity (Wildman–Crippen MR) is 135 cm³/mol. The zero-order valence-electron chi connectivity index (χ0n) is 20.1. The molecule has 1 aromatic rings. The minimum absolute atomic E-state index is 0.125. The molecule has 0 fully saturated rings. The van der Waals surface area contributed by atoms with E-state index >= 15 is 0 Å². The van der Waals surface area contributed by atoms with Gasteiger partial charge in [0.25, 0.3) is 0 Å². The highest BCUT2D eigenvalue weighted by Crippen LogP contribution is 2.25. The highest BCUT2D eigenvalue weighted by Gasteiger charge is 2.25. The molecular formula is C23H35BrN6O4. The van der Waals surface area contributed by atoms with Gasteiger partial charge in [0.05, 0.1) is 13.2 Å². The molecule has 0 aromatic heterocycles. The Morgan fingerprint density at radius 3 is 1.76 bits per heavy atom. The lowest BCUT2D eigenvalue weighted by molar-refractivity contribution is -0.146. The molecule has 34 heavy (non-hydrogen) atoms. The number of carbonyl (C=O) groups excluding carboxylic acids is 1. The molecule has 0 aliphatic carbocycles. The van der Waals surface area contributed by atoms with Gasteiger partial charge in [0, 0.05) is 29.0 Å². The van der Waals surface area contributed by atoms with Gasteiger partial charge in [-0.1, -0.05) is 51.8 Å². The van der Waals surface area contributed by atoms with Crippen molar-refractivity contribution < 1.29 is 19.0 Å². The molecule has 0 heterocycles. The Morgan fingerprint density at radius 2 is 1.32 bits per heavy atom. The van der Waals surface area contributed by atoms with E-state index in [1.165, 1.54) is 0 Å². The highest BCUT2D eigenvalue weighted by molar-refractivity contribution is 9.10. The van der Waals surface area contributed by atoms with Gasteiger partial charge in [-0.2, -0.15) is 0 Å². The fraction of sp³-hybridized carbons (Fsp3) is 0.696. The molecule has 0 saturated carbocycles. The van der Waals surface area contributed by atoms with E-state index in [2.05, 4.69) is 36.0 Å². The molecule has 0 atom stereocenters. The van der Waals surface area contributed by atoms with Crippen molar-refractivity contribution in [1.29, 1.82) is 0 Å². The molecule has 0 spiro atoms. The molecular weight excluding hydrogens is 504 g/mol. The van der Waals surface area contributed by atoms with Crippen LogP contribution in [0.1, 0.15) is 70.8 Å². The number of azide groups is 2.